The molecule has 1 aromatic carbocycles. The van der Waals surface area contributed by atoms with Gasteiger partial charge in [0.25, 0.3) is 5.91 Å². The zero-order valence-electron chi connectivity index (χ0n) is 12.1. The number of carboxylic acids is 1. The summed E-state index contributed by atoms with van der Waals surface area (Å²) in [5, 5.41) is 23.4. The van der Waals surface area contributed by atoms with Crippen LogP contribution in [0.15, 0.2) is 35.5 Å². The normalized spacial score (nSPS) is 13.0. The minimum absolute atomic E-state index is 0.0655. The molecule has 0 aromatic heterocycles. The van der Waals surface area contributed by atoms with Crippen LogP contribution in [0.1, 0.15) is 25.8 Å². The van der Waals surface area contributed by atoms with Crippen molar-refractivity contribution in [3.63, 3.8) is 0 Å². The maximum Gasteiger partial charge on any atom is 0.326 e. The number of oxime groups is 1. The van der Waals surface area contributed by atoms with Crippen LogP contribution in [0, 0.1) is 5.92 Å². The quantitative estimate of drug-likeness (QED) is 0.404. The largest absolute Gasteiger partial charge is 0.480 e. The van der Waals surface area contributed by atoms with Crippen LogP contribution in [0.3, 0.4) is 0 Å². The first-order valence-corrected chi connectivity index (χ1v) is 6.72. The summed E-state index contributed by atoms with van der Waals surface area (Å²) in [6.07, 6.45) is 0.447. The van der Waals surface area contributed by atoms with Gasteiger partial charge in [-0.25, -0.2) is 4.79 Å². The molecule has 0 aliphatic carbocycles. The lowest BCUT2D eigenvalue weighted by molar-refractivity contribution is -0.141. The van der Waals surface area contributed by atoms with Gasteiger partial charge in [0.05, 0.1) is 0 Å². The van der Waals surface area contributed by atoms with Crippen LogP contribution in [0.4, 0.5) is 0 Å². The smallest absolute Gasteiger partial charge is 0.326 e. The van der Waals surface area contributed by atoms with E-state index in [2.05, 4.69) is 10.5 Å². The number of carbonyl (C=O) groups is 2. The third-order valence-electron chi connectivity index (χ3n) is 2.87. The second kappa shape index (κ2) is 8.04. The molecule has 1 atom stereocenters. The molecule has 6 heteroatoms. The Bertz CT molecular complexity index is 512. The molecule has 3 N–H and O–H groups in total. The van der Waals surface area contributed by atoms with Crippen LogP contribution >= 0.6 is 0 Å². The van der Waals surface area contributed by atoms with E-state index in [-0.39, 0.29) is 24.5 Å². The molecule has 114 valence electrons. The van der Waals surface area contributed by atoms with Crippen LogP contribution in [-0.4, -0.2) is 33.9 Å². The monoisotopic (exact) mass is 292 g/mol. The molecular weight excluding hydrogens is 272 g/mol. The van der Waals surface area contributed by atoms with Gasteiger partial charge in [-0.2, -0.15) is 0 Å². The lowest BCUT2D eigenvalue weighted by atomic mass is 10.0. The van der Waals surface area contributed by atoms with Crippen LogP contribution in [0.25, 0.3) is 0 Å². The highest BCUT2D eigenvalue weighted by Crippen LogP contribution is 2.05. The molecule has 0 aliphatic heterocycles. The van der Waals surface area contributed by atoms with E-state index in [4.69, 9.17) is 5.21 Å². The number of aliphatic carboxylic acids is 1. The van der Waals surface area contributed by atoms with Crippen LogP contribution in [-0.2, 0) is 16.0 Å². The average Bonchev–Trinajstić information content (AvgIpc) is 2.44. The molecular formula is C15H20N2O4. The second-order valence-electron chi connectivity index (χ2n) is 5.20. The third-order valence-corrected chi connectivity index (χ3v) is 2.87. The van der Waals surface area contributed by atoms with E-state index >= 15 is 0 Å². The van der Waals surface area contributed by atoms with Crippen molar-refractivity contribution >= 4 is 17.6 Å². The number of carbonyl (C=O) groups excluding carboxylic acids is 1. The van der Waals surface area contributed by atoms with Gasteiger partial charge in [-0.15, -0.1) is 0 Å². The summed E-state index contributed by atoms with van der Waals surface area (Å²) >= 11 is 0. The van der Waals surface area contributed by atoms with Gasteiger partial charge in [0.1, 0.15) is 11.8 Å². The van der Waals surface area contributed by atoms with E-state index in [9.17, 15) is 14.7 Å². The first-order valence-electron chi connectivity index (χ1n) is 6.72. The van der Waals surface area contributed by atoms with Crippen molar-refractivity contribution < 1.29 is 19.9 Å². The van der Waals surface area contributed by atoms with E-state index in [1.165, 1.54) is 0 Å². The Morgan fingerprint density at radius 1 is 1.24 bits per heavy atom. The lowest BCUT2D eigenvalue weighted by Gasteiger charge is -2.15. The van der Waals surface area contributed by atoms with E-state index in [0.29, 0.717) is 0 Å². The number of benzene rings is 1. The standard InChI is InChI=1S/C15H20N2O4/c1-10(2)8-12(17-21)14(18)16-13(15(19)20)9-11-6-4-3-5-7-11/h3-7,10,13,21H,8-9H2,1-2H3,(H,16,18)(H,19,20)/t13-/m0/s1. The van der Waals surface area contributed by atoms with Gasteiger partial charge in [0, 0.05) is 12.8 Å². The Balaban J connectivity index is 2.74. The van der Waals surface area contributed by atoms with Crippen molar-refractivity contribution in [2.24, 2.45) is 11.1 Å². The van der Waals surface area contributed by atoms with Crippen LogP contribution in [0.5, 0.6) is 0 Å². The lowest BCUT2D eigenvalue weighted by Crippen LogP contribution is -2.45. The number of amides is 1. The van der Waals surface area contributed by atoms with Gasteiger partial charge in [-0.1, -0.05) is 49.3 Å². The highest BCUT2D eigenvalue weighted by molar-refractivity contribution is 6.39. The van der Waals surface area contributed by atoms with E-state index < -0.39 is 17.9 Å². The fourth-order valence-corrected chi connectivity index (χ4v) is 1.86. The average molecular weight is 292 g/mol. The van der Waals surface area contributed by atoms with Crippen LogP contribution < -0.4 is 5.32 Å². The summed E-state index contributed by atoms with van der Waals surface area (Å²) in [5.41, 5.74) is 0.737. The Hall–Kier alpha value is -2.37. The van der Waals surface area contributed by atoms with Crippen molar-refractivity contribution in [2.45, 2.75) is 32.7 Å². The highest BCUT2D eigenvalue weighted by atomic mass is 16.4. The number of rotatable bonds is 7. The van der Waals surface area contributed by atoms with Crippen molar-refractivity contribution in [3.05, 3.63) is 35.9 Å². The van der Waals surface area contributed by atoms with Crippen LogP contribution in [0.2, 0.25) is 0 Å². The zero-order valence-corrected chi connectivity index (χ0v) is 12.1. The summed E-state index contributed by atoms with van der Waals surface area (Å²) in [7, 11) is 0. The van der Waals surface area contributed by atoms with E-state index in [1.54, 1.807) is 24.3 Å². The Kier molecular flexibility index (Phi) is 6.39. The summed E-state index contributed by atoms with van der Waals surface area (Å²) in [6.45, 7) is 3.74. The van der Waals surface area contributed by atoms with Gasteiger partial charge < -0.3 is 15.6 Å². The molecule has 0 unspecified atom stereocenters. The number of carboxylic acid groups (broad SMARTS) is 1. The number of hydrogen-bond acceptors (Lipinski definition) is 4. The molecule has 6 nitrogen and oxygen atoms in total. The van der Waals surface area contributed by atoms with Gasteiger partial charge in [0.15, 0.2) is 0 Å². The summed E-state index contributed by atoms with van der Waals surface area (Å²) < 4.78 is 0. The Labute approximate surface area is 123 Å². The summed E-state index contributed by atoms with van der Waals surface area (Å²) in [5.74, 6) is -1.66. The molecule has 0 saturated carbocycles. The van der Waals surface area contributed by atoms with Gasteiger partial charge in [-0.05, 0) is 11.5 Å². The molecule has 21 heavy (non-hydrogen) atoms. The molecule has 0 heterocycles. The van der Waals surface area contributed by atoms with Crippen molar-refractivity contribution in [2.75, 3.05) is 0 Å². The molecule has 0 saturated heterocycles. The predicted octanol–water partition coefficient (Wildman–Crippen LogP) is 1.67. The van der Waals surface area contributed by atoms with E-state index in [0.717, 1.165) is 5.56 Å². The van der Waals surface area contributed by atoms with E-state index in [1.807, 2.05) is 19.9 Å². The highest BCUT2D eigenvalue weighted by Gasteiger charge is 2.23. The first-order chi connectivity index (χ1) is 9.93. The molecule has 0 bridgehead atoms. The molecule has 1 aromatic rings. The second-order valence-corrected chi connectivity index (χ2v) is 5.20. The minimum Gasteiger partial charge on any atom is -0.480 e. The van der Waals surface area contributed by atoms with Crippen molar-refractivity contribution in [3.8, 4) is 0 Å². The maximum absolute atomic E-state index is 11.9. The van der Waals surface area contributed by atoms with Gasteiger partial charge >= 0.3 is 5.97 Å². The topological polar surface area (TPSA) is 99.0 Å². The number of nitrogens with one attached hydrogen (secondary N) is 1. The minimum atomic E-state index is -1.13. The van der Waals surface area contributed by atoms with Crippen molar-refractivity contribution in [1.29, 1.82) is 0 Å². The molecule has 0 fully saturated rings. The number of nitrogens with zero attached hydrogens (tertiary/aromatic N) is 1. The van der Waals surface area contributed by atoms with Gasteiger partial charge in [-0.3, -0.25) is 4.79 Å². The summed E-state index contributed by atoms with van der Waals surface area (Å²) in [6, 6.07) is 7.94. The SMILES string of the molecule is CC(C)CC(=NO)C(=O)N[C@@H](Cc1ccccc1)C(=O)O. The molecule has 1 rings (SSSR count). The first kappa shape index (κ1) is 16.7. The number of hydrogen-bond donors (Lipinski definition) is 3. The predicted molar refractivity (Wildman–Crippen MR) is 78.4 cm³/mol. The maximum atomic E-state index is 11.9. The molecule has 0 radical (unpaired) electrons. The summed E-state index contributed by atoms with van der Waals surface area (Å²) in [4.78, 5) is 23.2. The molecule has 0 aliphatic rings. The fourth-order valence-electron chi connectivity index (χ4n) is 1.86. The Morgan fingerprint density at radius 2 is 1.86 bits per heavy atom. The zero-order chi connectivity index (χ0) is 15.8. The molecule has 1 amide bonds. The van der Waals surface area contributed by atoms with Gasteiger partial charge in [0.2, 0.25) is 0 Å². The van der Waals surface area contributed by atoms with Crippen molar-refractivity contribution in [1.82, 2.24) is 5.32 Å². The fraction of sp³-hybridized carbons (Fsp3) is 0.400. The Morgan fingerprint density at radius 3 is 2.33 bits per heavy atom. The molecule has 0 spiro atoms. The third kappa shape index (κ3) is 5.64.